The van der Waals surface area contributed by atoms with E-state index in [2.05, 4.69) is 0 Å². The van der Waals surface area contributed by atoms with Crippen molar-refractivity contribution in [3.63, 3.8) is 0 Å². The molecule has 0 amide bonds. The molecule has 17 heavy (non-hydrogen) atoms. The Morgan fingerprint density at radius 2 is 2.06 bits per heavy atom. The number of ketones is 1. The molecule has 1 saturated carbocycles. The van der Waals surface area contributed by atoms with Crippen LogP contribution in [0.2, 0.25) is 0 Å². The summed E-state index contributed by atoms with van der Waals surface area (Å²) >= 11 is 0. The van der Waals surface area contributed by atoms with Crippen LogP contribution in [0.3, 0.4) is 0 Å². The molecule has 0 spiro atoms. The Labute approximate surface area is 99.4 Å². The minimum Gasteiger partial charge on any atom is -0.504 e. The molecule has 3 atom stereocenters. The van der Waals surface area contributed by atoms with Crippen LogP contribution in [0.5, 0.6) is 11.5 Å². The maximum atomic E-state index is 11.9. The number of hydrogen-bond donors (Lipinski definition) is 1. The van der Waals surface area contributed by atoms with Gasteiger partial charge in [0.15, 0.2) is 23.4 Å². The third kappa shape index (κ3) is 1.09. The van der Waals surface area contributed by atoms with Crippen molar-refractivity contribution in [1.29, 1.82) is 0 Å². The Morgan fingerprint density at radius 1 is 1.24 bits per heavy atom. The molecule has 3 aliphatic rings. The molecule has 88 valence electrons. The molecule has 0 aromatic heterocycles. The number of ether oxygens (including phenoxy) is 1. The number of hydrogen-bond acceptors (Lipinski definition) is 3. The van der Waals surface area contributed by atoms with Crippen LogP contribution >= 0.6 is 0 Å². The molecule has 0 bridgehead atoms. The summed E-state index contributed by atoms with van der Waals surface area (Å²) in [7, 11) is 0. The van der Waals surface area contributed by atoms with Gasteiger partial charge in [-0.1, -0.05) is 6.07 Å². The largest absolute Gasteiger partial charge is 0.504 e. The fraction of sp³-hybridized carbons (Fsp3) is 0.500. The molecule has 1 fully saturated rings. The van der Waals surface area contributed by atoms with Gasteiger partial charge in [-0.15, -0.1) is 0 Å². The molecule has 0 radical (unpaired) electrons. The quantitative estimate of drug-likeness (QED) is 0.743. The first-order valence-electron chi connectivity index (χ1n) is 6.30. The highest BCUT2D eigenvalue weighted by molar-refractivity contribution is 5.87. The second-order valence-corrected chi connectivity index (χ2v) is 5.35. The van der Waals surface area contributed by atoms with E-state index < -0.39 is 0 Å². The van der Waals surface area contributed by atoms with Crippen molar-refractivity contribution in [3.8, 4) is 11.5 Å². The van der Waals surface area contributed by atoms with Crippen LogP contribution in [0.25, 0.3) is 0 Å². The summed E-state index contributed by atoms with van der Waals surface area (Å²) in [5, 5.41) is 9.86. The lowest BCUT2D eigenvalue weighted by atomic mass is 9.67. The van der Waals surface area contributed by atoms with Gasteiger partial charge in [-0.05, 0) is 36.8 Å². The van der Waals surface area contributed by atoms with Crippen LogP contribution in [0.1, 0.15) is 36.3 Å². The van der Waals surface area contributed by atoms with E-state index in [9.17, 15) is 9.90 Å². The van der Waals surface area contributed by atoms with Gasteiger partial charge in [-0.2, -0.15) is 0 Å². The lowest BCUT2D eigenvalue weighted by Crippen LogP contribution is -2.39. The van der Waals surface area contributed by atoms with E-state index in [1.807, 2.05) is 6.07 Å². The summed E-state index contributed by atoms with van der Waals surface area (Å²) in [6.45, 7) is 0. The smallest absolute Gasteiger partial charge is 0.173 e. The summed E-state index contributed by atoms with van der Waals surface area (Å²) in [5.41, 5.74) is 2.38. The predicted octanol–water partition coefficient (Wildman–Crippen LogP) is 2.16. The highest BCUT2D eigenvalue weighted by atomic mass is 16.5. The highest BCUT2D eigenvalue weighted by Gasteiger charge is 2.49. The Hall–Kier alpha value is -1.51. The van der Waals surface area contributed by atoms with Gasteiger partial charge in [0, 0.05) is 17.9 Å². The Morgan fingerprint density at radius 3 is 2.94 bits per heavy atom. The molecule has 1 aromatic carbocycles. The van der Waals surface area contributed by atoms with Crippen LogP contribution in [-0.2, 0) is 11.2 Å². The zero-order valence-corrected chi connectivity index (χ0v) is 9.48. The monoisotopic (exact) mass is 230 g/mol. The van der Waals surface area contributed by atoms with Crippen molar-refractivity contribution < 1.29 is 14.6 Å². The standard InChI is InChI=1S/C14H14O3/c15-9-5-3-7-1-2-8-4-6-10(16)14-12(8)11(7)13(9)17-14/h3,5,8,12,14-15H,1-2,4,6H2. The van der Waals surface area contributed by atoms with Crippen molar-refractivity contribution in [1.82, 2.24) is 0 Å². The van der Waals surface area contributed by atoms with Gasteiger partial charge >= 0.3 is 0 Å². The van der Waals surface area contributed by atoms with E-state index in [-0.39, 0.29) is 23.6 Å². The number of Topliss-reactive ketones (excluding diaryl/α,β-unsaturated/α-hetero) is 1. The summed E-state index contributed by atoms with van der Waals surface area (Å²) in [5.74, 6) is 1.74. The fourth-order valence-electron chi connectivity index (χ4n) is 3.75. The average Bonchev–Trinajstić information content (AvgIpc) is 2.75. The van der Waals surface area contributed by atoms with Crippen LogP contribution in [0.4, 0.5) is 0 Å². The van der Waals surface area contributed by atoms with Crippen molar-refractivity contribution in [3.05, 3.63) is 23.3 Å². The molecular weight excluding hydrogens is 216 g/mol. The number of benzene rings is 1. The predicted molar refractivity (Wildman–Crippen MR) is 61.3 cm³/mol. The van der Waals surface area contributed by atoms with Crippen molar-refractivity contribution >= 4 is 5.78 Å². The summed E-state index contributed by atoms with van der Waals surface area (Å²) in [6, 6.07) is 3.67. The molecule has 1 N–H and O–H groups in total. The number of aryl methyl sites for hydroxylation is 1. The number of rotatable bonds is 0. The zero-order valence-electron chi connectivity index (χ0n) is 9.48. The Balaban J connectivity index is 1.95. The topological polar surface area (TPSA) is 46.5 Å². The van der Waals surface area contributed by atoms with Crippen LogP contribution < -0.4 is 4.74 Å². The summed E-state index contributed by atoms with van der Waals surface area (Å²) < 4.78 is 5.75. The van der Waals surface area contributed by atoms with Gasteiger partial charge in [0.2, 0.25) is 0 Å². The molecule has 3 heteroatoms. The number of carbonyl (C=O) groups excluding carboxylic acids is 1. The minimum atomic E-state index is -0.323. The third-order valence-corrected chi connectivity index (χ3v) is 4.54. The van der Waals surface area contributed by atoms with Gasteiger partial charge in [0.25, 0.3) is 0 Å². The molecule has 1 heterocycles. The van der Waals surface area contributed by atoms with Crippen LogP contribution in [0, 0.1) is 5.92 Å². The number of phenolic OH excluding ortho intramolecular Hbond substituents is 1. The molecule has 3 nitrogen and oxygen atoms in total. The number of aromatic hydroxyl groups is 1. The Kier molecular flexibility index (Phi) is 1.70. The normalized spacial score (nSPS) is 33.2. The van der Waals surface area contributed by atoms with Gasteiger partial charge in [-0.25, -0.2) is 0 Å². The average molecular weight is 230 g/mol. The molecule has 0 saturated heterocycles. The first-order chi connectivity index (χ1) is 8.25. The maximum Gasteiger partial charge on any atom is 0.173 e. The lowest BCUT2D eigenvalue weighted by molar-refractivity contribution is -0.129. The van der Waals surface area contributed by atoms with Gasteiger partial charge in [0.05, 0.1) is 0 Å². The van der Waals surface area contributed by atoms with E-state index in [1.54, 1.807) is 6.07 Å². The molecule has 4 rings (SSSR count). The fourth-order valence-corrected chi connectivity index (χ4v) is 3.75. The lowest BCUT2D eigenvalue weighted by Gasteiger charge is -2.35. The number of carbonyl (C=O) groups is 1. The second-order valence-electron chi connectivity index (χ2n) is 5.35. The van der Waals surface area contributed by atoms with Crippen LogP contribution in [-0.4, -0.2) is 17.0 Å². The van der Waals surface area contributed by atoms with Crippen LogP contribution in [0.15, 0.2) is 12.1 Å². The number of phenols is 1. The maximum absolute atomic E-state index is 11.9. The molecule has 2 aliphatic carbocycles. The summed E-state index contributed by atoms with van der Waals surface area (Å²) in [4.78, 5) is 11.9. The molecule has 1 aliphatic heterocycles. The van der Waals surface area contributed by atoms with E-state index in [1.165, 1.54) is 5.56 Å². The Bertz CT molecular complexity index is 520. The van der Waals surface area contributed by atoms with Crippen molar-refractivity contribution in [2.45, 2.75) is 37.7 Å². The minimum absolute atomic E-state index is 0.187. The van der Waals surface area contributed by atoms with Gasteiger partial charge < -0.3 is 9.84 Å². The van der Waals surface area contributed by atoms with E-state index in [4.69, 9.17) is 4.74 Å². The molecular formula is C14H14O3. The highest BCUT2D eigenvalue weighted by Crippen LogP contribution is 2.55. The third-order valence-electron chi connectivity index (χ3n) is 4.54. The molecule has 1 aromatic rings. The second kappa shape index (κ2) is 3.03. The van der Waals surface area contributed by atoms with Gasteiger partial charge in [0.1, 0.15) is 0 Å². The first kappa shape index (κ1) is 9.51. The molecule has 3 unspecified atom stereocenters. The van der Waals surface area contributed by atoms with Crippen molar-refractivity contribution in [2.24, 2.45) is 5.92 Å². The van der Waals surface area contributed by atoms with E-state index in [0.29, 0.717) is 18.1 Å². The van der Waals surface area contributed by atoms with E-state index in [0.717, 1.165) is 24.8 Å². The van der Waals surface area contributed by atoms with Crippen molar-refractivity contribution in [2.75, 3.05) is 0 Å². The van der Waals surface area contributed by atoms with E-state index >= 15 is 0 Å². The van der Waals surface area contributed by atoms with Gasteiger partial charge in [-0.3, -0.25) is 4.79 Å². The summed E-state index contributed by atoms with van der Waals surface area (Å²) in [6.07, 6.45) is 3.49. The SMILES string of the molecule is O=C1CCC2CCc3ccc(O)c4c3C2C1O4. The zero-order chi connectivity index (χ0) is 11.6. The first-order valence-corrected chi connectivity index (χ1v) is 6.30.